The van der Waals surface area contributed by atoms with Gasteiger partial charge in [-0.25, -0.2) is 9.67 Å². The Balaban J connectivity index is 1.59. The molecule has 0 spiro atoms. The molecule has 0 radical (unpaired) electrons. The highest BCUT2D eigenvalue weighted by atomic mass is 79.9. The van der Waals surface area contributed by atoms with E-state index in [1.54, 1.807) is 24.4 Å². The third-order valence-electron chi connectivity index (χ3n) is 4.30. The fraction of sp³-hybridized carbons (Fsp3) is 0.375. The van der Waals surface area contributed by atoms with E-state index in [-0.39, 0.29) is 23.6 Å². The molecule has 2 aliphatic rings. The lowest BCUT2D eigenvalue weighted by molar-refractivity contribution is -0.124. The maximum Gasteiger partial charge on any atom is 0.270 e. The van der Waals surface area contributed by atoms with Crippen molar-refractivity contribution in [2.24, 2.45) is 0 Å². The molecule has 2 heterocycles. The maximum atomic E-state index is 12.8. The number of aromatic nitrogens is 3. The van der Waals surface area contributed by atoms with E-state index in [1.807, 2.05) is 0 Å². The van der Waals surface area contributed by atoms with Crippen molar-refractivity contribution < 1.29 is 9.59 Å². The molecule has 0 aromatic carbocycles. The normalized spacial score (nSPS) is 17.8. The summed E-state index contributed by atoms with van der Waals surface area (Å²) in [7, 11) is 0. The number of rotatable bonds is 5. The van der Waals surface area contributed by atoms with Crippen molar-refractivity contribution in [1.82, 2.24) is 25.4 Å². The first-order chi connectivity index (χ1) is 12.0. The summed E-state index contributed by atoms with van der Waals surface area (Å²) in [6.07, 6.45) is 4.86. The predicted molar refractivity (Wildman–Crippen MR) is 94.7 cm³/mol. The Hall–Kier alpha value is -1.93. The minimum absolute atomic E-state index is 0.107. The molecule has 2 N–H and O–H groups in total. The molecule has 2 saturated carbocycles. The minimum Gasteiger partial charge on any atom is -0.351 e. The highest BCUT2D eigenvalue weighted by Gasteiger charge is 2.52. The Labute approximate surface area is 157 Å². The zero-order chi connectivity index (χ0) is 17.6. The Kier molecular flexibility index (Phi) is 4.04. The quantitative estimate of drug-likeness (QED) is 0.770. The molecular formula is C16H15BrClN5O2. The van der Waals surface area contributed by atoms with Crippen LogP contribution in [0.3, 0.4) is 0 Å². The molecule has 0 saturated heterocycles. The monoisotopic (exact) mass is 423 g/mol. The van der Waals surface area contributed by atoms with Crippen LogP contribution >= 0.6 is 27.5 Å². The van der Waals surface area contributed by atoms with E-state index < -0.39 is 5.54 Å². The van der Waals surface area contributed by atoms with Crippen LogP contribution in [0.2, 0.25) is 5.02 Å². The Morgan fingerprint density at radius 1 is 1.36 bits per heavy atom. The van der Waals surface area contributed by atoms with Crippen molar-refractivity contribution in [2.75, 3.05) is 0 Å². The van der Waals surface area contributed by atoms with Gasteiger partial charge in [-0.3, -0.25) is 9.59 Å². The van der Waals surface area contributed by atoms with E-state index in [1.165, 1.54) is 4.68 Å². The van der Waals surface area contributed by atoms with Gasteiger partial charge in [-0.15, -0.1) is 0 Å². The van der Waals surface area contributed by atoms with Gasteiger partial charge in [0.25, 0.3) is 5.91 Å². The molecule has 9 heteroatoms. The SMILES string of the molecule is O=C(NC1(C(=O)NC2CC2)CC1)c1cc(Br)nn1-c1ncccc1Cl. The second kappa shape index (κ2) is 6.10. The number of amides is 2. The smallest absolute Gasteiger partial charge is 0.270 e. The van der Waals surface area contributed by atoms with Gasteiger partial charge in [-0.2, -0.15) is 5.10 Å². The van der Waals surface area contributed by atoms with Gasteiger partial charge in [0, 0.05) is 18.3 Å². The summed E-state index contributed by atoms with van der Waals surface area (Å²) in [6.45, 7) is 0. The summed E-state index contributed by atoms with van der Waals surface area (Å²) in [6, 6.07) is 5.21. The van der Waals surface area contributed by atoms with Crippen molar-refractivity contribution in [3.63, 3.8) is 0 Å². The summed E-state index contributed by atoms with van der Waals surface area (Å²) in [5.74, 6) is -0.139. The summed E-state index contributed by atoms with van der Waals surface area (Å²) in [5.41, 5.74) is -0.548. The molecule has 25 heavy (non-hydrogen) atoms. The molecule has 2 amide bonds. The zero-order valence-electron chi connectivity index (χ0n) is 13.1. The Morgan fingerprint density at radius 2 is 2.12 bits per heavy atom. The summed E-state index contributed by atoms with van der Waals surface area (Å²) >= 11 is 9.45. The molecule has 2 fully saturated rings. The second-order valence-electron chi connectivity index (χ2n) is 6.36. The number of nitrogens with one attached hydrogen (secondary N) is 2. The van der Waals surface area contributed by atoms with E-state index >= 15 is 0 Å². The maximum absolute atomic E-state index is 12.8. The first-order valence-electron chi connectivity index (χ1n) is 7.98. The molecule has 0 atom stereocenters. The lowest BCUT2D eigenvalue weighted by Crippen LogP contribution is -2.49. The van der Waals surface area contributed by atoms with E-state index in [0.29, 0.717) is 28.3 Å². The fourth-order valence-corrected chi connectivity index (χ4v) is 3.15. The molecule has 0 unspecified atom stereocenters. The third-order valence-corrected chi connectivity index (χ3v) is 4.98. The molecule has 2 aliphatic carbocycles. The van der Waals surface area contributed by atoms with Crippen molar-refractivity contribution in [3.8, 4) is 5.82 Å². The molecule has 4 rings (SSSR count). The molecule has 0 aliphatic heterocycles. The highest BCUT2D eigenvalue weighted by molar-refractivity contribution is 9.10. The van der Waals surface area contributed by atoms with Crippen molar-refractivity contribution in [2.45, 2.75) is 37.3 Å². The first kappa shape index (κ1) is 16.5. The molecule has 0 bridgehead atoms. The molecule has 2 aromatic rings. The highest BCUT2D eigenvalue weighted by Crippen LogP contribution is 2.37. The first-order valence-corrected chi connectivity index (χ1v) is 9.15. The Bertz CT molecular complexity index is 860. The van der Waals surface area contributed by atoms with Gasteiger partial charge in [0.1, 0.15) is 15.8 Å². The molecule has 130 valence electrons. The number of halogens is 2. The lowest BCUT2D eigenvalue weighted by Gasteiger charge is -2.17. The van der Waals surface area contributed by atoms with Gasteiger partial charge in [0.2, 0.25) is 5.91 Å². The van der Waals surface area contributed by atoms with Crippen LogP contribution < -0.4 is 10.6 Å². The molecule has 2 aromatic heterocycles. The zero-order valence-corrected chi connectivity index (χ0v) is 15.5. The number of pyridine rings is 1. The average molecular weight is 425 g/mol. The van der Waals surface area contributed by atoms with Crippen LogP contribution in [-0.4, -0.2) is 38.2 Å². The van der Waals surface area contributed by atoms with Crippen molar-refractivity contribution in [3.05, 3.63) is 39.7 Å². The number of hydrogen-bond acceptors (Lipinski definition) is 4. The summed E-state index contributed by atoms with van der Waals surface area (Å²) in [4.78, 5) is 29.3. The van der Waals surface area contributed by atoms with Gasteiger partial charge in [-0.1, -0.05) is 11.6 Å². The van der Waals surface area contributed by atoms with Gasteiger partial charge >= 0.3 is 0 Å². The van der Waals surface area contributed by atoms with E-state index in [0.717, 1.165) is 12.8 Å². The molecular weight excluding hydrogens is 410 g/mol. The van der Waals surface area contributed by atoms with Crippen LogP contribution in [0.25, 0.3) is 5.82 Å². The van der Waals surface area contributed by atoms with Crippen LogP contribution in [0.1, 0.15) is 36.2 Å². The summed E-state index contributed by atoms with van der Waals surface area (Å²) in [5, 5.41) is 10.4. The number of hydrogen-bond donors (Lipinski definition) is 2. The summed E-state index contributed by atoms with van der Waals surface area (Å²) < 4.78 is 1.85. The van der Waals surface area contributed by atoms with Crippen LogP contribution in [0, 0.1) is 0 Å². The fourth-order valence-electron chi connectivity index (χ4n) is 2.58. The van der Waals surface area contributed by atoms with Gasteiger partial charge < -0.3 is 10.6 Å². The van der Waals surface area contributed by atoms with Gasteiger partial charge in [-0.05, 0) is 53.7 Å². The standard InChI is InChI=1S/C16H15BrClN5O2/c17-12-8-11(23(22-12)13-10(18)2-1-7-19-13)14(24)21-16(5-6-16)15(25)20-9-3-4-9/h1-2,7-9H,3-6H2,(H,20,25)(H,21,24). The predicted octanol–water partition coefficient (Wildman–Crippen LogP) is 2.22. The van der Waals surface area contributed by atoms with Crippen molar-refractivity contribution >= 4 is 39.3 Å². The molecule has 7 nitrogen and oxygen atoms in total. The average Bonchev–Trinajstić information content (AvgIpc) is 3.49. The van der Waals surface area contributed by atoms with E-state index in [9.17, 15) is 9.59 Å². The number of carbonyl (C=O) groups is 2. The van der Waals surface area contributed by atoms with E-state index in [2.05, 4.69) is 36.6 Å². The van der Waals surface area contributed by atoms with Crippen molar-refractivity contribution in [1.29, 1.82) is 0 Å². The minimum atomic E-state index is -0.810. The van der Waals surface area contributed by atoms with Gasteiger partial charge in [0.15, 0.2) is 5.82 Å². The second-order valence-corrected chi connectivity index (χ2v) is 7.58. The van der Waals surface area contributed by atoms with Crippen LogP contribution in [0.4, 0.5) is 0 Å². The largest absolute Gasteiger partial charge is 0.351 e. The van der Waals surface area contributed by atoms with Gasteiger partial charge in [0.05, 0.1) is 5.02 Å². The lowest BCUT2D eigenvalue weighted by atomic mass is 10.2. The Morgan fingerprint density at radius 3 is 2.76 bits per heavy atom. The van der Waals surface area contributed by atoms with Crippen LogP contribution in [0.5, 0.6) is 0 Å². The van der Waals surface area contributed by atoms with E-state index in [4.69, 9.17) is 11.6 Å². The van der Waals surface area contributed by atoms with Crippen LogP contribution in [0.15, 0.2) is 29.0 Å². The number of carbonyl (C=O) groups excluding carboxylic acids is 2. The third kappa shape index (κ3) is 3.28. The number of nitrogens with zero attached hydrogens (tertiary/aromatic N) is 3. The topological polar surface area (TPSA) is 88.9 Å². The van der Waals surface area contributed by atoms with Crippen LogP contribution in [-0.2, 0) is 4.79 Å².